The van der Waals surface area contributed by atoms with E-state index in [1.165, 1.54) is 16.2 Å². The van der Waals surface area contributed by atoms with Gasteiger partial charge in [-0.25, -0.2) is 4.98 Å². The maximum absolute atomic E-state index is 12.3. The van der Waals surface area contributed by atoms with Gasteiger partial charge in [0, 0.05) is 23.1 Å². The molecule has 0 saturated carbocycles. The molecule has 0 radical (unpaired) electrons. The number of nitrogens with one attached hydrogen (secondary N) is 1. The lowest BCUT2D eigenvalue weighted by atomic mass is 10.3. The molecule has 6 nitrogen and oxygen atoms in total. The molecule has 0 bridgehead atoms. The number of carbonyl (C=O) groups is 2. The molecule has 0 atom stereocenters. The van der Waals surface area contributed by atoms with Gasteiger partial charge in [0.1, 0.15) is 12.3 Å². The zero-order valence-corrected chi connectivity index (χ0v) is 14.8. The smallest absolute Gasteiger partial charge is 0.260 e. The predicted molar refractivity (Wildman–Crippen MR) is 94.6 cm³/mol. The Bertz CT molecular complexity index is 662. The first-order chi connectivity index (χ1) is 11.6. The highest BCUT2D eigenvalue weighted by atomic mass is 35.5. The lowest BCUT2D eigenvalue weighted by Gasteiger charge is -2.21. The molecule has 2 amide bonds. The van der Waals surface area contributed by atoms with Gasteiger partial charge in [-0.15, -0.1) is 11.3 Å². The number of anilines is 1. The number of carbonyl (C=O) groups excluding carboxylic acids is 2. The average Bonchev–Trinajstić information content (AvgIpc) is 3.06. The summed E-state index contributed by atoms with van der Waals surface area (Å²) in [7, 11) is 0. The molecular weight excluding hydrogens is 350 g/mol. The van der Waals surface area contributed by atoms with Crippen molar-refractivity contribution in [3.63, 3.8) is 0 Å². The lowest BCUT2D eigenvalue weighted by Crippen LogP contribution is -2.41. The number of hydrogen-bond donors (Lipinski definition) is 1. The van der Waals surface area contributed by atoms with Gasteiger partial charge in [0.2, 0.25) is 5.91 Å². The molecule has 0 fully saturated rings. The van der Waals surface area contributed by atoms with Crippen molar-refractivity contribution in [2.45, 2.75) is 13.3 Å². The normalized spacial score (nSPS) is 10.2. The van der Waals surface area contributed by atoms with E-state index in [4.69, 9.17) is 16.3 Å². The van der Waals surface area contributed by atoms with Crippen molar-refractivity contribution < 1.29 is 14.3 Å². The SMILES string of the molecule is CCCN(CC(=O)Nc1nccs1)C(=O)COc1ccc(Cl)cc1. The molecule has 1 aromatic carbocycles. The van der Waals surface area contributed by atoms with E-state index in [9.17, 15) is 9.59 Å². The van der Waals surface area contributed by atoms with Gasteiger partial charge in [-0.2, -0.15) is 0 Å². The van der Waals surface area contributed by atoms with Gasteiger partial charge < -0.3 is 15.0 Å². The molecule has 0 unspecified atom stereocenters. The Kier molecular flexibility index (Phi) is 7.02. The van der Waals surface area contributed by atoms with Crippen molar-refractivity contribution in [2.75, 3.05) is 25.0 Å². The minimum absolute atomic E-state index is 0.0315. The summed E-state index contributed by atoms with van der Waals surface area (Å²) in [5, 5.41) is 5.55. The van der Waals surface area contributed by atoms with E-state index < -0.39 is 0 Å². The Balaban J connectivity index is 1.87. The molecule has 128 valence electrons. The van der Waals surface area contributed by atoms with Crippen LogP contribution in [0.3, 0.4) is 0 Å². The molecule has 1 heterocycles. The zero-order chi connectivity index (χ0) is 17.4. The Labute approximate surface area is 149 Å². The van der Waals surface area contributed by atoms with Crippen LogP contribution in [0.5, 0.6) is 5.75 Å². The fourth-order valence-electron chi connectivity index (χ4n) is 1.95. The number of ether oxygens (including phenoxy) is 1. The van der Waals surface area contributed by atoms with Crippen LogP contribution in [0.25, 0.3) is 0 Å². The largest absolute Gasteiger partial charge is 0.484 e. The van der Waals surface area contributed by atoms with Crippen LogP contribution in [-0.2, 0) is 9.59 Å². The van der Waals surface area contributed by atoms with Crippen LogP contribution in [0, 0.1) is 0 Å². The number of aromatic nitrogens is 1. The summed E-state index contributed by atoms with van der Waals surface area (Å²) in [6.07, 6.45) is 2.35. The molecule has 0 saturated heterocycles. The summed E-state index contributed by atoms with van der Waals surface area (Å²) < 4.78 is 5.45. The maximum atomic E-state index is 12.3. The summed E-state index contributed by atoms with van der Waals surface area (Å²) in [5.41, 5.74) is 0. The molecule has 2 rings (SSSR count). The highest BCUT2D eigenvalue weighted by Crippen LogP contribution is 2.15. The van der Waals surface area contributed by atoms with Crippen molar-refractivity contribution in [1.29, 1.82) is 0 Å². The third-order valence-corrected chi connectivity index (χ3v) is 3.98. The standard InChI is InChI=1S/C16H18ClN3O3S/c1-2-8-20(10-14(21)19-16-18-7-9-24-16)15(22)11-23-13-5-3-12(17)4-6-13/h3-7,9H,2,8,10-11H2,1H3,(H,18,19,21). The number of hydrogen-bond acceptors (Lipinski definition) is 5. The van der Waals surface area contributed by atoms with Crippen molar-refractivity contribution in [2.24, 2.45) is 0 Å². The van der Waals surface area contributed by atoms with E-state index in [0.29, 0.717) is 22.4 Å². The van der Waals surface area contributed by atoms with E-state index in [-0.39, 0.29) is 25.0 Å². The van der Waals surface area contributed by atoms with Crippen LogP contribution in [0.1, 0.15) is 13.3 Å². The first kappa shape index (κ1) is 18.2. The first-order valence-corrected chi connectivity index (χ1v) is 8.69. The van der Waals surface area contributed by atoms with Gasteiger partial charge in [-0.1, -0.05) is 18.5 Å². The summed E-state index contributed by atoms with van der Waals surface area (Å²) >= 11 is 7.13. The minimum Gasteiger partial charge on any atom is -0.484 e. The molecule has 0 aliphatic heterocycles. The number of benzene rings is 1. The summed E-state index contributed by atoms with van der Waals surface area (Å²) in [5.74, 6) is 0.0239. The van der Waals surface area contributed by atoms with Crippen LogP contribution in [-0.4, -0.2) is 41.4 Å². The zero-order valence-electron chi connectivity index (χ0n) is 13.2. The van der Waals surface area contributed by atoms with Crippen molar-refractivity contribution in [3.05, 3.63) is 40.9 Å². The third-order valence-electron chi connectivity index (χ3n) is 3.04. The molecular formula is C16H18ClN3O3S. The number of nitrogens with zero attached hydrogens (tertiary/aromatic N) is 2. The van der Waals surface area contributed by atoms with Gasteiger partial charge in [-0.05, 0) is 30.7 Å². The van der Waals surface area contributed by atoms with Gasteiger partial charge in [-0.3, -0.25) is 9.59 Å². The van der Waals surface area contributed by atoms with E-state index >= 15 is 0 Å². The van der Waals surface area contributed by atoms with Gasteiger partial charge in [0.25, 0.3) is 5.91 Å². The predicted octanol–water partition coefficient (Wildman–Crippen LogP) is 3.05. The minimum atomic E-state index is -0.279. The van der Waals surface area contributed by atoms with Gasteiger partial charge >= 0.3 is 0 Å². The molecule has 0 spiro atoms. The number of amides is 2. The topological polar surface area (TPSA) is 71.5 Å². The second-order valence-electron chi connectivity index (χ2n) is 4.94. The second kappa shape index (κ2) is 9.24. The monoisotopic (exact) mass is 367 g/mol. The summed E-state index contributed by atoms with van der Waals surface area (Å²) in [4.78, 5) is 29.8. The van der Waals surface area contributed by atoms with Crippen molar-refractivity contribution in [3.8, 4) is 5.75 Å². The molecule has 0 aliphatic rings. The fourth-order valence-corrected chi connectivity index (χ4v) is 2.62. The van der Waals surface area contributed by atoms with E-state index in [0.717, 1.165) is 6.42 Å². The Hall–Kier alpha value is -2.12. The molecule has 24 heavy (non-hydrogen) atoms. The Morgan fingerprint density at radius 1 is 1.33 bits per heavy atom. The van der Waals surface area contributed by atoms with Crippen LogP contribution in [0.4, 0.5) is 5.13 Å². The van der Waals surface area contributed by atoms with Crippen molar-refractivity contribution >= 4 is 39.9 Å². The molecule has 1 N–H and O–H groups in total. The number of rotatable bonds is 8. The number of halogens is 1. The highest BCUT2D eigenvalue weighted by Gasteiger charge is 2.17. The van der Waals surface area contributed by atoms with Crippen LogP contribution in [0.2, 0.25) is 5.02 Å². The summed E-state index contributed by atoms with van der Waals surface area (Å²) in [6, 6.07) is 6.75. The quantitative estimate of drug-likeness (QED) is 0.778. The maximum Gasteiger partial charge on any atom is 0.260 e. The first-order valence-electron chi connectivity index (χ1n) is 7.44. The second-order valence-corrected chi connectivity index (χ2v) is 6.27. The highest BCUT2D eigenvalue weighted by molar-refractivity contribution is 7.13. The molecule has 8 heteroatoms. The third kappa shape index (κ3) is 5.82. The van der Waals surface area contributed by atoms with E-state index in [2.05, 4.69) is 10.3 Å². The Morgan fingerprint density at radius 3 is 2.71 bits per heavy atom. The van der Waals surface area contributed by atoms with E-state index in [1.807, 2.05) is 6.92 Å². The lowest BCUT2D eigenvalue weighted by molar-refractivity contribution is -0.136. The van der Waals surface area contributed by atoms with Crippen molar-refractivity contribution in [1.82, 2.24) is 9.88 Å². The molecule has 2 aromatic rings. The summed E-state index contributed by atoms with van der Waals surface area (Å²) in [6.45, 7) is 2.26. The molecule has 0 aliphatic carbocycles. The van der Waals surface area contributed by atoms with Gasteiger partial charge in [0.05, 0.1) is 0 Å². The van der Waals surface area contributed by atoms with Gasteiger partial charge in [0.15, 0.2) is 11.7 Å². The molecule has 1 aromatic heterocycles. The fraction of sp³-hybridized carbons (Fsp3) is 0.312. The van der Waals surface area contributed by atoms with Crippen LogP contribution in [0.15, 0.2) is 35.8 Å². The van der Waals surface area contributed by atoms with Crippen LogP contribution >= 0.6 is 22.9 Å². The van der Waals surface area contributed by atoms with E-state index in [1.54, 1.807) is 35.8 Å². The Morgan fingerprint density at radius 2 is 2.08 bits per heavy atom. The average molecular weight is 368 g/mol. The van der Waals surface area contributed by atoms with Crippen LogP contribution < -0.4 is 10.1 Å². The number of thiazole rings is 1.